The minimum Gasteiger partial charge on any atom is -0.0659 e. The highest BCUT2D eigenvalue weighted by Crippen LogP contribution is 3.03. The predicted octanol–water partition coefficient (Wildman–Crippen LogP) is 19.2. The van der Waals surface area contributed by atoms with Crippen LogP contribution in [0, 0.1) is 0 Å². The summed E-state index contributed by atoms with van der Waals surface area (Å²) in [6.07, 6.45) is 0. The van der Waals surface area contributed by atoms with Crippen LogP contribution in [0.15, 0.2) is 0 Å². The van der Waals surface area contributed by atoms with Crippen molar-refractivity contribution in [3.8, 4) is 0 Å². The van der Waals surface area contributed by atoms with Crippen LogP contribution in [0.2, 0.25) is 99.7 Å². The van der Waals surface area contributed by atoms with Crippen LogP contribution in [0.1, 0.15) is 249 Å². The van der Waals surface area contributed by atoms with Crippen molar-refractivity contribution < 1.29 is 0 Å². The first-order valence-electron chi connectivity index (χ1n) is 30.7. The molecule has 6 heterocycles. The fourth-order valence-electron chi connectivity index (χ4n) is 34.3. The Labute approximate surface area is 439 Å². The molecule has 68 heavy (non-hydrogen) atoms. The lowest BCUT2D eigenvalue weighted by Gasteiger charge is -3.24. The maximum absolute atomic E-state index is 3.24. The Morgan fingerprint density at radius 3 is 0.235 bits per heavy atom. The molecule has 398 valence electrons. The van der Waals surface area contributed by atoms with Gasteiger partial charge in [0.2, 0.25) is 0 Å². The second-order valence-corrected chi connectivity index (χ2v) is 218. The number of fused-ring (bicyclic) bond motifs is 13. The third-order valence-corrected chi connectivity index (χ3v) is 619. The molecule has 6 fully saturated rings. The summed E-state index contributed by atoms with van der Waals surface area (Å²) in [7, 11) is -7.35. The molecule has 0 aliphatic carbocycles. The van der Waals surface area contributed by atoms with Gasteiger partial charge < -0.3 is 0 Å². The van der Waals surface area contributed by atoms with E-state index in [4.69, 9.17) is 0 Å². The van der Waals surface area contributed by atoms with Gasteiger partial charge in [0.1, 0.15) is 0 Å². The number of hydrogen-bond donors (Lipinski definition) is 0. The fourth-order valence-corrected chi connectivity index (χ4v) is 1590. The van der Waals surface area contributed by atoms with Gasteiger partial charge in [-0.05, 0) is 0 Å². The summed E-state index contributed by atoms with van der Waals surface area (Å²) >= 11 is 0. The van der Waals surface area contributed by atoms with Gasteiger partial charge in [0.15, 0.2) is 0 Å². The van der Waals surface area contributed by atoms with Gasteiger partial charge in [0, 0.05) is 94.7 Å². The summed E-state index contributed by atoms with van der Waals surface area (Å²) < 4.78 is 0. The lowest BCUT2D eigenvalue weighted by atomic mass is 10.5. The largest absolute Gasteiger partial charge is 0.0659 e. The van der Waals surface area contributed by atoms with E-state index in [1.165, 1.54) is 0 Å². The van der Waals surface area contributed by atoms with Crippen LogP contribution in [0.5, 0.6) is 0 Å². The summed E-state index contributed by atoms with van der Waals surface area (Å²) in [6, 6.07) is 0. The Morgan fingerprint density at radius 1 is 0.103 bits per heavy atom. The first-order valence-corrected chi connectivity index (χ1v) is 79.1. The van der Waals surface area contributed by atoms with E-state index in [-0.39, 0.29) is 0 Å². The van der Waals surface area contributed by atoms with E-state index < -0.39 is 94.7 Å². The molecule has 8 unspecified atom stereocenters. The molecular formula is C54H126Si14. The van der Waals surface area contributed by atoms with Crippen molar-refractivity contribution in [1.82, 2.24) is 0 Å². The molecule has 0 spiro atoms. The minimum absolute atomic E-state index is 1.01. The molecule has 6 saturated heterocycles. The quantitative estimate of drug-likeness (QED) is 0.120. The molecule has 0 bridgehead atoms. The smallest absolute Gasteiger partial charge is 0.0400 e. The van der Waals surface area contributed by atoms with Crippen LogP contribution in [0.25, 0.3) is 0 Å². The Morgan fingerprint density at radius 2 is 0.176 bits per heavy atom. The SMILES string of the molecule is CC(C)[Si]1(C(C)C)[Si](C(C)C)(C(C)C)[Si]2(C(C)C)[Si]1(C(C)C)[Si]1(C(C)C)[Si]2(C(C)C)[Si]2(C(C)C)[Si]3(C(C)C)[Si]4(C(C)C)[Si](C(C)C)(C(C)C)[Si](C(C)C)(C(C)C)[Si]4(C(C)C)[Si]3(C(C)C)[Si]12C(C)C. The van der Waals surface area contributed by atoms with Crippen molar-refractivity contribution in [2.75, 3.05) is 0 Å². The van der Waals surface area contributed by atoms with Crippen LogP contribution in [-0.4, -0.2) is 94.7 Å². The van der Waals surface area contributed by atoms with E-state index >= 15 is 0 Å². The molecule has 0 N–H and O–H groups in total. The topological polar surface area (TPSA) is 0 Å². The van der Waals surface area contributed by atoms with Crippen LogP contribution in [-0.2, 0) is 0 Å². The van der Waals surface area contributed by atoms with Gasteiger partial charge in [-0.25, -0.2) is 0 Å². The monoisotopic (exact) mass is 1170 g/mol. The lowest BCUT2D eigenvalue weighted by Crippen LogP contribution is -3.56. The minimum atomic E-state index is -1.91. The second kappa shape index (κ2) is 16.8. The van der Waals surface area contributed by atoms with Crippen LogP contribution in [0.3, 0.4) is 0 Å². The van der Waals surface area contributed by atoms with Crippen molar-refractivity contribution in [3.63, 3.8) is 0 Å². The van der Waals surface area contributed by atoms with Gasteiger partial charge in [-0.1, -0.05) is 349 Å². The molecule has 6 rings (SSSR count). The summed E-state index contributed by atoms with van der Waals surface area (Å²) in [5.74, 6) is 0. The zero-order valence-corrected chi connectivity index (χ0v) is 67.4. The zero-order valence-electron chi connectivity index (χ0n) is 53.4. The molecule has 14 heteroatoms. The van der Waals surface area contributed by atoms with Gasteiger partial charge in [0.25, 0.3) is 0 Å². The molecule has 0 saturated carbocycles. The second-order valence-electron chi connectivity index (χ2n) is 32.3. The maximum Gasteiger partial charge on any atom is 0.0400 e. The molecule has 0 amide bonds. The van der Waals surface area contributed by atoms with Crippen molar-refractivity contribution >= 4 is 94.7 Å². The molecule has 8 atom stereocenters. The Hall–Kier alpha value is 3.04. The molecule has 0 aromatic heterocycles. The fraction of sp³-hybridized carbons (Fsp3) is 1.00. The highest BCUT2D eigenvalue weighted by molar-refractivity contribution is 8.81. The molecule has 0 aromatic carbocycles. The van der Waals surface area contributed by atoms with Gasteiger partial charge in [-0.3, -0.25) is 0 Å². The van der Waals surface area contributed by atoms with Crippen molar-refractivity contribution in [3.05, 3.63) is 0 Å². The van der Waals surface area contributed by atoms with E-state index in [1.807, 2.05) is 0 Å². The average Bonchev–Trinajstić information content (AvgIpc) is 3.10. The normalized spacial score (nSPS) is 42.6. The molecule has 0 radical (unpaired) electrons. The Kier molecular flexibility index (Phi) is 14.9. The molecule has 0 nitrogen and oxygen atoms in total. The predicted molar refractivity (Wildman–Crippen MR) is 352 cm³/mol. The van der Waals surface area contributed by atoms with Crippen LogP contribution in [0.4, 0.5) is 0 Å². The van der Waals surface area contributed by atoms with Gasteiger partial charge in [0.05, 0.1) is 0 Å². The van der Waals surface area contributed by atoms with Crippen molar-refractivity contribution in [2.24, 2.45) is 0 Å². The first-order chi connectivity index (χ1) is 30.7. The molecule has 6 aliphatic heterocycles. The third-order valence-electron chi connectivity index (χ3n) is 28.0. The van der Waals surface area contributed by atoms with E-state index in [0.29, 0.717) is 0 Å². The number of hydrogen-bond acceptors (Lipinski definition) is 0. The van der Waals surface area contributed by atoms with Gasteiger partial charge in [-0.15, -0.1) is 0 Å². The summed E-state index contributed by atoms with van der Waals surface area (Å²) in [5.41, 5.74) is 19.1. The van der Waals surface area contributed by atoms with Crippen LogP contribution >= 0.6 is 0 Å². The first kappa shape index (κ1) is 60.3. The van der Waals surface area contributed by atoms with Crippen LogP contribution < -0.4 is 0 Å². The summed E-state index contributed by atoms with van der Waals surface area (Å²) in [4.78, 5) is 0. The lowest BCUT2D eigenvalue weighted by molar-refractivity contribution is 0.861. The molecule has 0 aromatic rings. The molecule has 6 aliphatic rings. The Bertz CT molecular complexity index is 1670. The summed E-state index contributed by atoms with van der Waals surface area (Å²) in [5, 5.41) is 0. The van der Waals surface area contributed by atoms with E-state index in [1.54, 1.807) is 0 Å². The van der Waals surface area contributed by atoms with E-state index in [2.05, 4.69) is 249 Å². The van der Waals surface area contributed by atoms with Crippen molar-refractivity contribution in [1.29, 1.82) is 0 Å². The standard InChI is InChI=1S/C54H126Si14/c1-37(2)55(38(3)4)56(39(5)6,40(7)8)60(46(19)20)59(55,45(17)18)63(49(25)26)64(60,50(27)28)68(54(35)36)66(52(31)32)62(48(23)24)58(43(13)14,44(15)16)57(41(9)10,42(11)12)61(62,47(21)22)65(66,51(29)30)67(63,68)53(33)34/h37-54H,1-36H3. The van der Waals surface area contributed by atoms with Crippen molar-refractivity contribution in [2.45, 2.75) is 349 Å². The summed E-state index contributed by atoms with van der Waals surface area (Å²) in [6.45, 7) is 94.0. The van der Waals surface area contributed by atoms with E-state index in [9.17, 15) is 0 Å². The average molecular weight is 1170 g/mol. The van der Waals surface area contributed by atoms with Gasteiger partial charge in [-0.2, -0.15) is 0 Å². The van der Waals surface area contributed by atoms with Gasteiger partial charge >= 0.3 is 0 Å². The Balaban J connectivity index is 2.25. The highest BCUT2D eigenvalue weighted by Gasteiger charge is 3.30. The molecular weight excluding hydrogens is 1040 g/mol. The third kappa shape index (κ3) is 4.02. The highest BCUT2D eigenvalue weighted by atomic mass is 31.0. The number of rotatable bonds is 18. The maximum atomic E-state index is 3.24. The zero-order chi connectivity index (χ0) is 53.4. The van der Waals surface area contributed by atoms with E-state index in [0.717, 1.165) is 99.7 Å².